The smallest absolute Gasteiger partial charge is 0.288 e. The van der Waals surface area contributed by atoms with Crippen LogP contribution < -0.4 is 4.74 Å². The Balaban J connectivity index is 1.46. The number of carbonyl (C=O) groups is 1. The van der Waals surface area contributed by atoms with E-state index >= 15 is 0 Å². The summed E-state index contributed by atoms with van der Waals surface area (Å²) in [7, 11) is -2.40. The molecule has 9 nitrogen and oxygen atoms in total. The Kier molecular flexibility index (Phi) is 9.95. The minimum absolute atomic E-state index is 0.0264. The minimum Gasteiger partial charge on any atom is -0.497 e. The molecular weight excluding hydrogens is 527 g/mol. The van der Waals surface area contributed by atoms with E-state index in [1.807, 2.05) is 0 Å². The first-order chi connectivity index (χ1) is 18.8. The monoisotopic (exact) mass is 562 g/mol. The topological polar surface area (TPSA) is 106 Å². The molecule has 1 saturated heterocycles. The van der Waals surface area contributed by atoms with E-state index in [2.05, 4.69) is 0 Å². The van der Waals surface area contributed by atoms with E-state index < -0.39 is 16.3 Å². The molecule has 0 spiro atoms. The van der Waals surface area contributed by atoms with E-state index in [1.165, 1.54) is 31.4 Å². The van der Waals surface area contributed by atoms with Gasteiger partial charge in [0, 0.05) is 38.5 Å². The van der Waals surface area contributed by atoms with Gasteiger partial charge in [-0.2, -0.15) is 4.31 Å². The Morgan fingerprint density at radius 1 is 1.08 bits per heavy atom. The number of benzene rings is 2. The summed E-state index contributed by atoms with van der Waals surface area (Å²) >= 11 is 0. The van der Waals surface area contributed by atoms with E-state index in [9.17, 15) is 22.7 Å². The maximum Gasteiger partial charge on any atom is 0.288 e. The number of methoxy groups -OCH3 is 1. The number of rotatable bonds is 11. The van der Waals surface area contributed by atoms with Crippen molar-refractivity contribution in [3.05, 3.63) is 71.7 Å². The lowest BCUT2D eigenvalue weighted by atomic mass is 9.92. The summed E-state index contributed by atoms with van der Waals surface area (Å²) in [5, 5.41) is 9.51. The van der Waals surface area contributed by atoms with Gasteiger partial charge in [0.25, 0.3) is 5.91 Å². The number of sulfonamides is 1. The minimum atomic E-state index is -3.90. The number of allylic oxidation sites excluding steroid dienone is 1. The molecule has 2 heterocycles. The highest BCUT2D eigenvalue weighted by molar-refractivity contribution is 7.89. The van der Waals surface area contributed by atoms with Crippen molar-refractivity contribution in [3.8, 4) is 5.75 Å². The van der Waals surface area contributed by atoms with Crippen molar-refractivity contribution in [1.82, 2.24) is 9.21 Å². The van der Waals surface area contributed by atoms with Crippen molar-refractivity contribution in [2.75, 3.05) is 46.5 Å². The normalized spacial score (nSPS) is 19.9. The quantitative estimate of drug-likeness (QED) is 0.448. The number of hydrogen-bond donors (Lipinski definition) is 1. The number of nitrogens with zero attached hydrogens (tertiary/aromatic N) is 2. The zero-order chi connectivity index (χ0) is 27.8. The summed E-state index contributed by atoms with van der Waals surface area (Å²) in [5.41, 5.74) is 0.821. The molecular formula is C28H35FN2O7S. The van der Waals surface area contributed by atoms with Gasteiger partial charge in [0.2, 0.25) is 16.3 Å². The lowest BCUT2D eigenvalue weighted by molar-refractivity contribution is -0.153. The van der Waals surface area contributed by atoms with Crippen molar-refractivity contribution in [1.29, 1.82) is 0 Å². The number of carbonyl (C=O) groups excluding carboxylic acids is 1. The fourth-order valence-corrected chi connectivity index (χ4v) is 6.17. The van der Waals surface area contributed by atoms with Crippen LogP contribution in [0.2, 0.25) is 0 Å². The first-order valence-electron chi connectivity index (χ1n) is 13.1. The lowest BCUT2D eigenvalue weighted by Crippen LogP contribution is -2.40. The Hall–Kier alpha value is -2.99. The van der Waals surface area contributed by atoms with Gasteiger partial charge in [-0.15, -0.1) is 0 Å². The molecule has 212 valence electrons. The number of ether oxygens (including phenoxy) is 3. The van der Waals surface area contributed by atoms with Gasteiger partial charge in [0.1, 0.15) is 11.6 Å². The average molecular weight is 563 g/mol. The Morgan fingerprint density at radius 2 is 1.77 bits per heavy atom. The van der Waals surface area contributed by atoms with Crippen LogP contribution in [0.5, 0.6) is 5.75 Å². The fourth-order valence-electron chi connectivity index (χ4n) is 4.75. The molecule has 0 aliphatic carbocycles. The molecule has 2 aromatic rings. The predicted octanol–water partition coefficient (Wildman–Crippen LogP) is 3.26. The summed E-state index contributed by atoms with van der Waals surface area (Å²) in [6, 6.07) is 12.1. The molecule has 0 unspecified atom stereocenters. The highest BCUT2D eigenvalue weighted by Gasteiger charge is 2.32. The largest absolute Gasteiger partial charge is 0.497 e. The number of piperidine rings is 1. The third kappa shape index (κ3) is 7.36. The van der Waals surface area contributed by atoms with Gasteiger partial charge in [-0.05, 0) is 67.3 Å². The Labute approximate surface area is 228 Å². The number of aliphatic hydroxyl groups is 1. The van der Waals surface area contributed by atoms with Crippen molar-refractivity contribution in [2.45, 2.75) is 42.8 Å². The molecule has 0 aromatic heterocycles. The van der Waals surface area contributed by atoms with Gasteiger partial charge in [-0.25, -0.2) is 12.8 Å². The van der Waals surface area contributed by atoms with Crippen LogP contribution in [-0.2, 0) is 24.3 Å². The maximum absolute atomic E-state index is 13.5. The number of likely N-dealkylation sites (tertiary alicyclic amines) is 1. The molecule has 2 aromatic carbocycles. The van der Waals surface area contributed by atoms with Crippen LogP contribution in [0.25, 0.3) is 0 Å². The predicted molar refractivity (Wildman–Crippen MR) is 142 cm³/mol. The van der Waals surface area contributed by atoms with E-state index in [4.69, 9.17) is 14.2 Å². The van der Waals surface area contributed by atoms with Crippen LogP contribution in [0.4, 0.5) is 4.39 Å². The van der Waals surface area contributed by atoms with Crippen molar-refractivity contribution in [3.63, 3.8) is 0 Å². The lowest BCUT2D eigenvalue weighted by Gasteiger charge is -2.33. The van der Waals surface area contributed by atoms with Crippen LogP contribution in [0.1, 0.15) is 37.2 Å². The Bertz CT molecular complexity index is 1230. The van der Waals surface area contributed by atoms with Gasteiger partial charge in [0.15, 0.2) is 5.76 Å². The molecule has 4 rings (SSSR count). The van der Waals surface area contributed by atoms with Gasteiger partial charge in [-0.1, -0.05) is 12.1 Å². The number of aliphatic hydroxyl groups excluding tert-OH is 1. The second-order valence-electron chi connectivity index (χ2n) is 9.50. The summed E-state index contributed by atoms with van der Waals surface area (Å²) in [6.45, 7) is 0.785. The summed E-state index contributed by atoms with van der Waals surface area (Å²) in [4.78, 5) is 15.1. The summed E-state index contributed by atoms with van der Waals surface area (Å²) in [5.74, 6) is -0.0994. The summed E-state index contributed by atoms with van der Waals surface area (Å²) in [6.07, 6.45) is 4.27. The molecule has 1 amide bonds. The molecule has 0 radical (unpaired) electrons. The molecule has 39 heavy (non-hydrogen) atoms. The van der Waals surface area contributed by atoms with Crippen molar-refractivity contribution < 1.29 is 36.9 Å². The van der Waals surface area contributed by atoms with E-state index in [0.717, 1.165) is 29.1 Å². The maximum atomic E-state index is 13.5. The zero-order valence-corrected chi connectivity index (χ0v) is 22.8. The molecule has 1 N–H and O–H groups in total. The van der Waals surface area contributed by atoms with E-state index in [0.29, 0.717) is 25.3 Å². The fraction of sp³-hybridized carbons (Fsp3) is 0.464. The average Bonchev–Trinajstić information content (AvgIpc) is 2.97. The second kappa shape index (κ2) is 13.4. The number of halogens is 1. The first kappa shape index (κ1) is 29.0. The standard InChI is InChI=1S/C28H35FN2O7S/c1-36-24-9-11-25(12-10-24)39(34,35)31(15-17-32)16-18-37-27-20-22(21-5-7-23(29)8-6-21)19-26(38-27)28(33)30-13-3-2-4-14-30/h5-12,19,22,27,32H,2-4,13-18,20H2,1H3/t22-,27+/m0/s1. The van der Waals surface area contributed by atoms with Crippen LogP contribution in [0.15, 0.2) is 65.3 Å². The molecule has 2 aliphatic heterocycles. The van der Waals surface area contributed by atoms with E-state index in [1.54, 1.807) is 35.2 Å². The van der Waals surface area contributed by atoms with Crippen LogP contribution in [0, 0.1) is 5.82 Å². The molecule has 2 atom stereocenters. The molecule has 0 saturated carbocycles. The van der Waals surface area contributed by atoms with Crippen LogP contribution in [-0.4, -0.2) is 81.4 Å². The second-order valence-corrected chi connectivity index (χ2v) is 11.4. The third-order valence-corrected chi connectivity index (χ3v) is 8.81. The van der Waals surface area contributed by atoms with Crippen LogP contribution >= 0.6 is 0 Å². The van der Waals surface area contributed by atoms with Gasteiger partial charge in [0.05, 0.1) is 25.2 Å². The molecule has 1 fully saturated rings. The van der Waals surface area contributed by atoms with Gasteiger partial charge >= 0.3 is 0 Å². The zero-order valence-electron chi connectivity index (χ0n) is 22.0. The molecule has 2 aliphatic rings. The molecule has 0 bridgehead atoms. The first-order valence-corrected chi connectivity index (χ1v) is 14.6. The third-order valence-electron chi connectivity index (χ3n) is 6.90. The van der Waals surface area contributed by atoms with Gasteiger partial charge in [-0.3, -0.25) is 4.79 Å². The van der Waals surface area contributed by atoms with Crippen molar-refractivity contribution in [2.24, 2.45) is 0 Å². The SMILES string of the molecule is COc1ccc(S(=O)(=O)N(CCO)CCO[C@H]2C[C@@H](c3ccc(F)cc3)C=C(C(=O)N3CCCCC3)O2)cc1. The highest BCUT2D eigenvalue weighted by Crippen LogP contribution is 2.32. The van der Waals surface area contributed by atoms with Gasteiger partial charge < -0.3 is 24.2 Å². The van der Waals surface area contributed by atoms with Crippen molar-refractivity contribution >= 4 is 15.9 Å². The summed E-state index contributed by atoms with van der Waals surface area (Å²) < 4.78 is 58.1. The van der Waals surface area contributed by atoms with E-state index in [-0.39, 0.29) is 54.6 Å². The number of amides is 1. The Morgan fingerprint density at radius 3 is 2.41 bits per heavy atom. The molecule has 11 heteroatoms. The van der Waals surface area contributed by atoms with Crippen LogP contribution in [0.3, 0.4) is 0 Å². The highest BCUT2D eigenvalue weighted by atomic mass is 32.2. The number of hydrogen-bond acceptors (Lipinski definition) is 7.